The normalized spacial score (nSPS) is 12.1. The van der Waals surface area contributed by atoms with Crippen molar-refractivity contribution >= 4 is 58.0 Å². The lowest BCUT2D eigenvalue weighted by molar-refractivity contribution is -0.138. The van der Waals surface area contributed by atoms with Crippen molar-refractivity contribution in [2.75, 3.05) is 0 Å². The molecule has 0 unspecified atom stereocenters. The topological polar surface area (TPSA) is 159 Å². The summed E-state index contributed by atoms with van der Waals surface area (Å²) in [6, 6.07) is 26.3. The van der Waals surface area contributed by atoms with E-state index in [4.69, 9.17) is 16.7 Å². The summed E-state index contributed by atoms with van der Waals surface area (Å²) >= 11 is 8.40. The van der Waals surface area contributed by atoms with Gasteiger partial charge in [0.05, 0.1) is 36.2 Å². The molecule has 2 aromatic heterocycles. The molecule has 0 spiro atoms. The molecule has 6 aromatic rings. The van der Waals surface area contributed by atoms with Crippen molar-refractivity contribution in [2.24, 2.45) is 0 Å². The van der Waals surface area contributed by atoms with Gasteiger partial charge in [-0.15, -0.1) is 22.7 Å². The van der Waals surface area contributed by atoms with E-state index in [1.807, 2.05) is 73.7 Å². The molecule has 0 fully saturated rings. The van der Waals surface area contributed by atoms with Crippen molar-refractivity contribution in [1.29, 1.82) is 0 Å². The van der Waals surface area contributed by atoms with Gasteiger partial charge in [0, 0.05) is 26.9 Å². The molecule has 2 atom stereocenters. The summed E-state index contributed by atoms with van der Waals surface area (Å²) in [4.78, 5) is 56.3. The first-order valence-corrected chi connectivity index (χ1v) is 18.8. The molecule has 4 N–H and O–H groups in total. The number of carboxylic acid groups (broad SMARTS) is 2. The molecule has 56 heavy (non-hydrogen) atoms. The molecule has 0 aliphatic heterocycles. The number of aliphatic carboxylic acids is 2. The summed E-state index contributed by atoms with van der Waals surface area (Å²) in [5.74, 6) is -3.30. The fraction of sp³-hybridized carbons (Fsp3) is 0.150. The highest BCUT2D eigenvalue weighted by Crippen LogP contribution is 2.32. The summed E-state index contributed by atoms with van der Waals surface area (Å²) in [5, 5.41) is 28.3. The average Bonchev–Trinajstić information content (AvgIpc) is 3.86. The molecule has 0 bridgehead atoms. The van der Waals surface area contributed by atoms with E-state index in [1.54, 1.807) is 22.9 Å². The fourth-order valence-corrected chi connectivity index (χ4v) is 7.17. The number of carboxylic acids is 2. The number of amides is 2. The number of rotatable bonds is 12. The standard InChI is InChI=1S/C20H17ClN2O3S.C20H15F3N2O3S/c1-12-5-2-3-8-15(12)16(10-18(24)25)22-19(26)17-11-27-20(23-17)13-6-4-7-14(21)9-13;21-20(22,23)14-8-4-7-13(9-14)15(10-17(26)27)24-18(28)19-25-16(11-29-19)12-5-2-1-3-6-12/h2-9,11,16H,10H2,1H3,(H,22,26)(H,24,25);1-9,11,15H,10H2,(H,24,28)(H,26,27)/t16-;15-/m00/s1. The Labute approximate surface area is 331 Å². The van der Waals surface area contributed by atoms with Crippen LogP contribution in [0, 0.1) is 6.92 Å². The van der Waals surface area contributed by atoms with Crippen LogP contribution in [0.4, 0.5) is 13.2 Å². The van der Waals surface area contributed by atoms with Gasteiger partial charge in [-0.05, 0) is 47.9 Å². The Morgan fingerprint density at radius 3 is 2.05 bits per heavy atom. The maximum Gasteiger partial charge on any atom is 0.416 e. The number of aromatic nitrogens is 2. The Balaban J connectivity index is 0.000000215. The molecule has 0 saturated heterocycles. The van der Waals surface area contributed by atoms with Crippen LogP contribution >= 0.6 is 34.3 Å². The third-order valence-corrected chi connectivity index (χ3v) is 10.1. The highest BCUT2D eigenvalue weighted by molar-refractivity contribution is 7.13. The van der Waals surface area contributed by atoms with Gasteiger partial charge in [-0.2, -0.15) is 13.2 Å². The molecule has 4 aromatic carbocycles. The van der Waals surface area contributed by atoms with Crippen LogP contribution in [0.3, 0.4) is 0 Å². The number of carbonyl (C=O) groups excluding carboxylic acids is 2. The zero-order valence-corrected chi connectivity index (χ0v) is 31.7. The number of hydrogen-bond acceptors (Lipinski definition) is 8. The minimum absolute atomic E-state index is 0.0513. The second kappa shape index (κ2) is 18.6. The van der Waals surface area contributed by atoms with E-state index in [1.165, 1.54) is 23.5 Å². The lowest BCUT2D eigenvalue weighted by Gasteiger charge is -2.18. The number of thiazole rings is 2. The van der Waals surface area contributed by atoms with Gasteiger partial charge in [-0.1, -0.05) is 90.5 Å². The molecule has 16 heteroatoms. The van der Waals surface area contributed by atoms with E-state index < -0.39 is 54.0 Å². The molecule has 0 saturated carbocycles. The second-order valence-corrected chi connectivity index (χ2v) is 14.3. The van der Waals surface area contributed by atoms with Crippen molar-refractivity contribution in [3.8, 4) is 21.8 Å². The highest BCUT2D eigenvalue weighted by atomic mass is 35.5. The Bertz CT molecular complexity index is 2330. The maximum absolute atomic E-state index is 13.0. The minimum atomic E-state index is -4.58. The van der Waals surface area contributed by atoms with Gasteiger partial charge in [0.1, 0.15) is 10.7 Å². The average molecular weight is 821 g/mol. The predicted molar refractivity (Wildman–Crippen MR) is 208 cm³/mol. The largest absolute Gasteiger partial charge is 0.481 e. The maximum atomic E-state index is 13.0. The zero-order valence-electron chi connectivity index (χ0n) is 29.3. The first kappa shape index (κ1) is 41.3. The van der Waals surface area contributed by atoms with E-state index in [0.29, 0.717) is 15.7 Å². The highest BCUT2D eigenvalue weighted by Gasteiger charge is 2.32. The summed E-state index contributed by atoms with van der Waals surface area (Å²) in [7, 11) is 0. The lowest BCUT2D eigenvalue weighted by atomic mass is 9.98. The SMILES string of the molecule is Cc1ccccc1[C@H](CC(=O)O)NC(=O)c1csc(-c2cccc(Cl)c2)n1.O=C(O)C[C@H](NC(=O)c1nc(-c2ccccc2)cs1)c1cccc(C(F)(F)F)c1. The first-order valence-electron chi connectivity index (χ1n) is 16.7. The van der Waals surface area contributed by atoms with Gasteiger partial charge in [-0.25, -0.2) is 9.97 Å². The number of benzene rings is 4. The van der Waals surface area contributed by atoms with Crippen molar-refractivity contribution < 1.29 is 42.6 Å². The van der Waals surface area contributed by atoms with E-state index in [9.17, 15) is 37.5 Å². The van der Waals surface area contributed by atoms with Crippen LogP contribution in [-0.4, -0.2) is 43.9 Å². The van der Waals surface area contributed by atoms with Crippen LogP contribution < -0.4 is 10.6 Å². The van der Waals surface area contributed by atoms with E-state index in [2.05, 4.69) is 20.6 Å². The summed E-state index contributed by atoms with van der Waals surface area (Å²) in [5.41, 5.74) is 3.29. The number of hydrogen-bond donors (Lipinski definition) is 4. The molecular formula is C40H32ClF3N4O6S2. The van der Waals surface area contributed by atoms with Crippen molar-refractivity contribution in [2.45, 2.75) is 38.0 Å². The zero-order chi connectivity index (χ0) is 40.4. The van der Waals surface area contributed by atoms with Gasteiger partial charge in [0.15, 0.2) is 5.01 Å². The molecule has 10 nitrogen and oxygen atoms in total. The van der Waals surface area contributed by atoms with E-state index in [0.717, 1.165) is 45.7 Å². The van der Waals surface area contributed by atoms with Crippen molar-refractivity contribution in [1.82, 2.24) is 20.6 Å². The van der Waals surface area contributed by atoms with Gasteiger partial charge < -0.3 is 20.8 Å². The predicted octanol–water partition coefficient (Wildman–Crippen LogP) is 9.49. The summed E-state index contributed by atoms with van der Waals surface area (Å²) in [6.07, 6.45) is -5.35. The monoisotopic (exact) mass is 820 g/mol. The molecular weight excluding hydrogens is 789 g/mol. The van der Waals surface area contributed by atoms with Gasteiger partial charge in [0.2, 0.25) is 0 Å². The number of halogens is 4. The quantitative estimate of drug-likeness (QED) is 0.0951. The van der Waals surface area contributed by atoms with Crippen LogP contribution in [0.5, 0.6) is 0 Å². The lowest BCUT2D eigenvalue weighted by Crippen LogP contribution is -2.30. The fourth-order valence-electron chi connectivity index (χ4n) is 5.45. The number of carbonyl (C=O) groups is 4. The van der Waals surface area contributed by atoms with Gasteiger partial charge in [-0.3, -0.25) is 19.2 Å². The third kappa shape index (κ3) is 11.3. The van der Waals surface area contributed by atoms with Crippen molar-refractivity contribution in [3.63, 3.8) is 0 Å². The van der Waals surface area contributed by atoms with E-state index in [-0.39, 0.29) is 22.7 Å². The summed E-state index contributed by atoms with van der Waals surface area (Å²) < 4.78 is 38.9. The Morgan fingerprint density at radius 2 is 1.38 bits per heavy atom. The van der Waals surface area contributed by atoms with Crippen LogP contribution in [0.25, 0.3) is 21.8 Å². The molecule has 0 aliphatic carbocycles. The second-order valence-electron chi connectivity index (χ2n) is 12.2. The van der Waals surface area contributed by atoms with E-state index >= 15 is 0 Å². The molecule has 0 aliphatic rings. The minimum Gasteiger partial charge on any atom is -0.481 e. The first-order chi connectivity index (χ1) is 26.7. The third-order valence-electron chi connectivity index (χ3n) is 8.12. The number of nitrogens with one attached hydrogen (secondary N) is 2. The van der Waals surface area contributed by atoms with Crippen LogP contribution in [0.15, 0.2) is 114 Å². The van der Waals surface area contributed by atoms with Gasteiger partial charge >= 0.3 is 18.1 Å². The molecule has 6 rings (SSSR count). The Kier molecular flexibility index (Phi) is 13.7. The molecule has 288 valence electrons. The van der Waals surface area contributed by atoms with Gasteiger partial charge in [0.25, 0.3) is 11.8 Å². The Morgan fingerprint density at radius 1 is 0.732 bits per heavy atom. The smallest absolute Gasteiger partial charge is 0.416 e. The van der Waals surface area contributed by atoms with Crippen LogP contribution in [-0.2, 0) is 15.8 Å². The van der Waals surface area contributed by atoms with Crippen LogP contribution in [0.2, 0.25) is 5.02 Å². The molecule has 2 amide bonds. The number of nitrogens with zero attached hydrogens (tertiary/aromatic N) is 2. The van der Waals surface area contributed by atoms with Crippen molar-refractivity contribution in [3.05, 3.63) is 152 Å². The Hall–Kier alpha value is -5.90. The summed E-state index contributed by atoms with van der Waals surface area (Å²) in [6.45, 7) is 1.89. The molecule has 2 heterocycles. The number of alkyl halides is 3. The van der Waals surface area contributed by atoms with Crippen LogP contribution in [0.1, 0.15) is 67.5 Å². The number of aryl methyl sites for hydroxylation is 1. The molecule has 0 radical (unpaired) electrons.